The van der Waals surface area contributed by atoms with E-state index in [2.05, 4.69) is 24.3 Å². The van der Waals surface area contributed by atoms with Gasteiger partial charge in [-0.1, -0.05) is 372 Å². The molecule has 2 aliphatic heterocycles. The molecule has 0 saturated carbocycles. The lowest BCUT2D eigenvalue weighted by Crippen LogP contribution is -2.60. The summed E-state index contributed by atoms with van der Waals surface area (Å²) in [4.78, 5) is 0. The molecule has 5 heteroatoms. The molecule has 4 nitrogen and oxygen atoms in total. The van der Waals surface area contributed by atoms with Crippen molar-refractivity contribution in [2.75, 3.05) is 0 Å². The Morgan fingerprint density at radius 2 is 0.537 bits per heavy atom. The van der Waals surface area contributed by atoms with E-state index >= 15 is 0 Å². The van der Waals surface area contributed by atoms with Crippen LogP contribution in [0.4, 0.5) is 0 Å². The first-order chi connectivity index (χ1) is 69.1. The highest BCUT2D eigenvalue weighted by Crippen LogP contribution is 2.50. The van der Waals surface area contributed by atoms with Crippen LogP contribution in [0.2, 0.25) is 0 Å². The van der Waals surface area contributed by atoms with Crippen LogP contribution in [0.5, 0.6) is 0 Å². The summed E-state index contributed by atoms with van der Waals surface area (Å²) in [5, 5.41) is 4.70. The van der Waals surface area contributed by atoms with Crippen LogP contribution in [0.25, 0.3) is 220 Å². The third-order valence-electron chi connectivity index (χ3n) is 24.9. The molecule has 2 aliphatic rings. The van der Waals surface area contributed by atoms with Gasteiger partial charge >= 0.3 is 0 Å². The second kappa shape index (κ2) is 27.5. The van der Waals surface area contributed by atoms with Crippen molar-refractivity contribution in [3.8, 4) is 89.5 Å². The lowest BCUT2D eigenvalue weighted by Gasteiger charge is -2.38. The largest absolute Gasteiger partial charge is 0.309 e. The standard InChI is InChI=1S/C118H79BN4/c1-118(2,3)84-72-109-113-110(73-84)123-115-98(79-44-20-9-21-45-79)67-83(77-40-16-7-17-41-77)69-100(115)90-51-25-23-47-86(90)88-49-27-29-55-96(88)112-106(121-104-57-33-31-53-92(104)94-61-59-81(71-108(94)121)75-36-12-5-13-37-75)65-63-102(117(112)123)119(113)101-62-64-105(120-103-56-32-30-52-91(103)93-60-58-80(70-107(93)120)74-34-10-4-11-35-74)111-95-54-28-26-48-87(95)85-46-22-24-50-89(85)99-68-82(76-38-14-6-15-39-76)66-97(78-42-18-8-19-43-78)114(99)122(109)116(101)111/h4-73H,1-3H3/i30D,31D,32D,33D,52D,53D,56D,57D,58D,59D,60D,61D,62D,63D,64D,65D,70D,71D,72D,73D. The van der Waals surface area contributed by atoms with Gasteiger partial charge < -0.3 is 18.3 Å². The van der Waals surface area contributed by atoms with E-state index in [0.29, 0.717) is 98.3 Å². The minimum atomic E-state index is -1.76. The summed E-state index contributed by atoms with van der Waals surface area (Å²) in [6.07, 6.45) is 0. The van der Waals surface area contributed by atoms with Crippen molar-refractivity contribution in [3.05, 3.63) is 430 Å². The third-order valence-corrected chi connectivity index (χ3v) is 24.9. The SMILES string of the molecule is [2H]c1c2c3c(c([2H])c1C(C)(C)C)-n1c4c(-c5ccccc5)cc(-c5ccccc5)cc4c4ccccc4c4ccccc4c4c(-n5c6c([2H])c([2H])c([2H])c([2H])c6c6c([2H])c([2H])c(-c7ccccc7)c([2H])c65)c([2H])c([2H])c(c41)B3c1c([2H])c([2H])c(-n3c4c([2H])c([2H])c([2H])c([2H])c4c4c([2H])c([2H])c(-c5ccccc5)c([2H])c43)c3c4ccccc4c4ccccc4c4cc(-c5ccccc5)cc(-c5ccccc5)c4n-2c13. The summed E-state index contributed by atoms with van der Waals surface area (Å²) in [5.41, 5.74) is 4.90. The summed E-state index contributed by atoms with van der Waals surface area (Å²) in [6, 6.07) is 85.6. The molecule has 0 aliphatic carbocycles. The highest BCUT2D eigenvalue weighted by Gasteiger charge is 2.43. The molecule has 19 aromatic carbocycles. The molecule has 574 valence electrons. The summed E-state index contributed by atoms with van der Waals surface area (Å²) < 4.78 is 224. The predicted octanol–water partition coefficient (Wildman–Crippen LogP) is 29.4. The van der Waals surface area contributed by atoms with Crippen molar-refractivity contribution in [2.24, 2.45) is 0 Å². The molecule has 0 unspecified atom stereocenters. The Bertz CT molecular complexity index is 9320. The Kier molecular flexibility index (Phi) is 11.9. The van der Waals surface area contributed by atoms with Gasteiger partial charge in [0.1, 0.15) is 0 Å². The Labute approximate surface area is 740 Å². The number of rotatable bonds is 8. The molecular formula is C118H79BN4. The van der Waals surface area contributed by atoms with Gasteiger partial charge in [0.05, 0.1) is 82.9 Å². The Morgan fingerprint density at radius 3 is 0.902 bits per heavy atom. The number of hydrogen-bond acceptors (Lipinski definition) is 0. The van der Waals surface area contributed by atoms with Gasteiger partial charge in [0.25, 0.3) is 6.71 Å². The van der Waals surface area contributed by atoms with Crippen LogP contribution in [-0.2, 0) is 5.41 Å². The molecule has 0 spiro atoms. The van der Waals surface area contributed by atoms with Gasteiger partial charge in [-0.25, -0.2) is 0 Å². The molecule has 0 amide bonds. The fourth-order valence-electron chi connectivity index (χ4n) is 19.5. The van der Waals surface area contributed by atoms with Crippen molar-refractivity contribution >= 4 is 153 Å². The fraction of sp³-hybridized carbons (Fsp3) is 0.0339. The Balaban J connectivity index is 1.05. The van der Waals surface area contributed by atoms with Gasteiger partial charge in [0.2, 0.25) is 0 Å². The zero-order valence-corrected chi connectivity index (χ0v) is 66.7. The number of fused-ring (bicyclic) bond motifs is 24. The van der Waals surface area contributed by atoms with Crippen molar-refractivity contribution in [3.63, 3.8) is 0 Å². The van der Waals surface area contributed by atoms with E-state index in [-0.39, 0.29) is 133 Å². The second-order valence-corrected chi connectivity index (χ2v) is 32.8. The number of benzene rings is 19. The Hall–Kier alpha value is -15.6. The molecule has 0 radical (unpaired) electrons. The van der Waals surface area contributed by atoms with Gasteiger partial charge in [-0.2, -0.15) is 0 Å². The number of para-hydroxylation sites is 2. The van der Waals surface area contributed by atoms with Gasteiger partial charge in [-0.05, 0) is 199 Å². The first-order valence-corrected chi connectivity index (χ1v) is 41.4. The summed E-state index contributed by atoms with van der Waals surface area (Å²) >= 11 is 0. The van der Waals surface area contributed by atoms with E-state index in [1.807, 2.05) is 248 Å². The van der Waals surface area contributed by atoms with E-state index in [1.54, 1.807) is 60.7 Å². The molecule has 4 aromatic heterocycles. The molecule has 0 bridgehead atoms. The molecule has 25 rings (SSSR count). The molecule has 23 aromatic rings. The topological polar surface area (TPSA) is 19.7 Å². The highest BCUT2D eigenvalue weighted by atomic mass is 15.1. The fourth-order valence-corrected chi connectivity index (χ4v) is 19.5. The molecule has 0 N–H and O–H groups in total. The highest BCUT2D eigenvalue weighted by molar-refractivity contribution is 7.00. The smallest absolute Gasteiger partial charge is 0.252 e. The van der Waals surface area contributed by atoms with Crippen LogP contribution < -0.4 is 16.4 Å². The summed E-state index contributed by atoms with van der Waals surface area (Å²) in [7, 11) is 0. The van der Waals surface area contributed by atoms with Crippen LogP contribution in [-0.4, -0.2) is 25.0 Å². The van der Waals surface area contributed by atoms with Gasteiger partial charge in [0.15, 0.2) is 0 Å². The van der Waals surface area contributed by atoms with Crippen LogP contribution in [0, 0.1) is 0 Å². The molecular weight excluding hydrogens is 1480 g/mol. The average Bonchev–Trinajstić information content (AvgIpc) is 1.67. The lowest BCUT2D eigenvalue weighted by atomic mass is 9.34. The van der Waals surface area contributed by atoms with E-state index in [0.717, 1.165) is 22.3 Å². The van der Waals surface area contributed by atoms with Crippen LogP contribution >= 0.6 is 0 Å². The first kappa shape index (κ1) is 53.1. The maximum Gasteiger partial charge on any atom is 0.252 e. The molecule has 0 fully saturated rings. The van der Waals surface area contributed by atoms with E-state index < -0.39 is 121 Å². The molecule has 0 atom stereocenters. The van der Waals surface area contributed by atoms with Crippen LogP contribution in [0.15, 0.2) is 424 Å². The van der Waals surface area contributed by atoms with E-state index in [4.69, 9.17) is 0 Å². The molecule has 6 heterocycles. The van der Waals surface area contributed by atoms with Crippen LogP contribution in [0.1, 0.15) is 53.7 Å². The summed E-state index contributed by atoms with van der Waals surface area (Å²) in [6.45, 7) is 4.09. The number of nitrogens with zero attached hydrogens (tertiary/aromatic N) is 4. The van der Waals surface area contributed by atoms with Crippen molar-refractivity contribution in [1.29, 1.82) is 0 Å². The lowest BCUT2D eigenvalue weighted by molar-refractivity contribution is 0.589. The average molecular weight is 1580 g/mol. The maximum absolute atomic E-state index is 12.3. The first-order valence-electron chi connectivity index (χ1n) is 51.4. The minimum Gasteiger partial charge on any atom is -0.309 e. The van der Waals surface area contributed by atoms with Crippen LogP contribution in [0.3, 0.4) is 0 Å². The summed E-state index contributed by atoms with van der Waals surface area (Å²) in [5.74, 6) is 0. The zero-order chi connectivity index (χ0) is 98.7. The quantitative estimate of drug-likeness (QED) is 0.135. The van der Waals surface area contributed by atoms with Crippen molar-refractivity contribution < 1.29 is 27.4 Å². The van der Waals surface area contributed by atoms with Crippen molar-refractivity contribution in [2.45, 2.75) is 26.2 Å². The van der Waals surface area contributed by atoms with Gasteiger partial charge in [-0.15, -0.1) is 0 Å². The maximum atomic E-state index is 12.3. The number of aromatic nitrogens is 4. The van der Waals surface area contributed by atoms with Gasteiger partial charge in [-0.3, -0.25) is 0 Å². The van der Waals surface area contributed by atoms with Gasteiger partial charge in [0, 0.05) is 65.6 Å². The monoisotopic (exact) mass is 1580 g/mol. The molecule has 123 heavy (non-hydrogen) atoms. The predicted molar refractivity (Wildman–Crippen MR) is 525 cm³/mol. The van der Waals surface area contributed by atoms with E-state index in [1.165, 1.54) is 9.13 Å². The normalized spacial score (nSPS) is 14.6. The minimum absolute atomic E-state index is 0.0355. The zero-order valence-electron chi connectivity index (χ0n) is 86.7. The van der Waals surface area contributed by atoms with E-state index in [9.17, 15) is 27.4 Å². The second-order valence-electron chi connectivity index (χ2n) is 32.8. The Morgan fingerprint density at radius 1 is 0.228 bits per heavy atom. The third kappa shape index (κ3) is 10.8. The van der Waals surface area contributed by atoms with Crippen molar-refractivity contribution in [1.82, 2.24) is 18.3 Å². The molecule has 0 saturated heterocycles. The number of hydrogen-bond donors (Lipinski definition) is 0.